The molecule has 9 rings (SSSR count). The van der Waals surface area contributed by atoms with Crippen LogP contribution in [0.25, 0.3) is 21.9 Å². The number of nitrogens with one attached hydrogen (secondary N) is 4. The zero-order chi connectivity index (χ0) is 56.0. The van der Waals surface area contributed by atoms with Gasteiger partial charge in [0.1, 0.15) is 23.5 Å². The van der Waals surface area contributed by atoms with Crippen LogP contribution in [0, 0.1) is 12.3 Å². The fourth-order valence-corrected chi connectivity index (χ4v) is 11.2. The molecule has 0 radical (unpaired) electrons. The summed E-state index contributed by atoms with van der Waals surface area (Å²) < 4.78 is 11.8. The van der Waals surface area contributed by atoms with E-state index in [1.165, 1.54) is 4.90 Å². The van der Waals surface area contributed by atoms with E-state index in [4.69, 9.17) is 14.1 Å². The molecule has 0 spiro atoms. The van der Waals surface area contributed by atoms with E-state index in [-0.39, 0.29) is 74.0 Å². The Morgan fingerprint density at radius 2 is 1.67 bits per heavy atom. The molecule has 6 heterocycles. The molecule has 4 atom stereocenters. The predicted octanol–water partition coefficient (Wildman–Crippen LogP) is 7.72. The summed E-state index contributed by atoms with van der Waals surface area (Å²) in [6.07, 6.45) is 4.25. The van der Waals surface area contributed by atoms with E-state index in [9.17, 15) is 34.2 Å². The summed E-state index contributed by atoms with van der Waals surface area (Å²) in [5, 5.41) is 42.4. The number of unbranched alkanes of at least 4 members (excludes halogenated alkanes) is 2. The molecule has 3 aliphatic heterocycles. The molecule has 3 aromatic carbocycles. The number of carbonyl (C=O) groups is 5. The van der Waals surface area contributed by atoms with Gasteiger partial charge in [0, 0.05) is 68.8 Å². The molecule has 0 aliphatic carbocycles. The van der Waals surface area contributed by atoms with Crippen LogP contribution in [0.5, 0.6) is 0 Å². The van der Waals surface area contributed by atoms with Crippen molar-refractivity contribution in [3.63, 3.8) is 0 Å². The summed E-state index contributed by atoms with van der Waals surface area (Å²) in [6, 6.07) is 20.3. The van der Waals surface area contributed by atoms with Crippen molar-refractivity contribution in [1.82, 2.24) is 45.6 Å². The fraction of sp³-hybridized carbons (Fsp3) is 0.448. The number of aryl methyl sites for hydroxylation is 1. The number of esters is 1. The van der Waals surface area contributed by atoms with Gasteiger partial charge in [-0.05, 0) is 86.8 Å². The topological polar surface area (TPSA) is 267 Å². The van der Waals surface area contributed by atoms with E-state index in [0.29, 0.717) is 80.1 Å². The highest BCUT2D eigenvalue weighted by Gasteiger charge is 2.45. The number of amides is 4. The third-order valence-corrected chi connectivity index (χ3v) is 15.8. The highest BCUT2D eigenvalue weighted by molar-refractivity contribution is 7.13. The maximum Gasteiger partial charge on any atom is 0.339 e. The van der Waals surface area contributed by atoms with Crippen molar-refractivity contribution in [2.45, 2.75) is 135 Å². The Morgan fingerprint density at radius 3 is 2.38 bits per heavy atom. The van der Waals surface area contributed by atoms with Crippen molar-refractivity contribution in [2.75, 3.05) is 36.9 Å². The van der Waals surface area contributed by atoms with E-state index in [0.717, 1.165) is 32.8 Å². The number of carbonyl (C=O) groups excluding carboxylic acids is 5. The molecular weight excluding hydrogens is 1030 g/mol. The summed E-state index contributed by atoms with van der Waals surface area (Å²) in [5.74, 6) is -0.318. The highest BCUT2D eigenvalue weighted by atomic mass is 32.1. The predicted molar refractivity (Wildman–Crippen MR) is 297 cm³/mol. The van der Waals surface area contributed by atoms with Crippen molar-refractivity contribution < 1.29 is 43.3 Å². The van der Waals surface area contributed by atoms with Crippen LogP contribution in [0.15, 0.2) is 88.9 Å². The smallest absolute Gasteiger partial charge is 0.339 e. The first-order valence-corrected chi connectivity index (χ1v) is 27.8. The maximum absolute atomic E-state index is 14.1. The second kappa shape index (κ2) is 24.2. The van der Waals surface area contributed by atoms with Gasteiger partial charge in [-0.2, -0.15) is 4.98 Å². The second-order valence-corrected chi connectivity index (χ2v) is 23.0. The number of aliphatic hydroxyl groups is 2. The maximum atomic E-state index is 14.1. The molecule has 4 amide bonds. The number of likely N-dealkylation sites (tertiary alicyclic amines) is 2. The van der Waals surface area contributed by atoms with E-state index >= 15 is 0 Å². The van der Waals surface area contributed by atoms with Crippen LogP contribution >= 0.6 is 11.3 Å². The molecular formula is C58H69N11O9S. The lowest BCUT2D eigenvalue weighted by Crippen LogP contribution is -2.57. The molecule has 0 unspecified atom stereocenters. The van der Waals surface area contributed by atoms with E-state index < -0.39 is 41.2 Å². The minimum Gasteiger partial charge on any atom is -0.451 e. The first-order valence-electron chi connectivity index (χ1n) is 27.0. The number of anilines is 3. The number of hydrogen-bond donors (Lipinski definition) is 6. The Morgan fingerprint density at radius 1 is 0.924 bits per heavy atom. The van der Waals surface area contributed by atoms with E-state index in [2.05, 4.69) is 41.4 Å². The molecule has 20 nitrogen and oxygen atoms in total. The van der Waals surface area contributed by atoms with Crippen LogP contribution < -0.4 is 21.3 Å². The quantitative estimate of drug-likeness (QED) is 0.0316. The van der Waals surface area contributed by atoms with Crippen molar-refractivity contribution >= 4 is 58.4 Å². The van der Waals surface area contributed by atoms with Crippen molar-refractivity contribution in [3.8, 4) is 21.9 Å². The number of aromatic nitrogens is 5. The Balaban J connectivity index is 0.739. The zero-order valence-electron chi connectivity index (χ0n) is 45.5. The van der Waals surface area contributed by atoms with Crippen molar-refractivity contribution in [2.24, 2.45) is 5.41 Å². The fourth-order valence-electron chi connectivity index (χ4n) is 10.4. The number of nitrogens with zero attached hydrogens (tertiary/aromatic N) is 7. The first-order chi connectivity index (χ1) is 37.8. The summed E-state index contributed by atoms with van der Waals surface area (Å²) in [6.45, 7) is 12.2. The normalized spacial score (nSPS) is 17.9. The largest absolute Gasteiger partial charge is 0.451 e. The zero-order valence-corrected chi connectivity index (χ0v) is 46.3. The van der Waals surface area contributed by atoms with Crippen LogP contribution in [0.4, 0.5) is 17.5 Å². The van der Waals surface area contributed by atoms with Crippen LogP contribution in [-0.4, -0.2) is 119 Å². The average molecular weight is 1100 g/mol. The molecule has 21 heteroatoms. The summed E-state index contributed by atoms with van der Waals surface area (Å²) in [4.78, 5) is 84.9. The van der Waals surface area contributed by atoms with Gasteiger partial charge in [-0.3, -0.25) is 19.2 Å². The number of ether oxygens (including phenoxy) is 1. The number of benzene rings is 3. The number of aliphatic hydroxyl groups excluding tert-OH is 2. The number of thiazole rings is 1. The lowest BCUT2D eigenvalue weighted by atomic mass is 9.85. The summed E-state index contributed by atoms with van der Waals surface area (Å²) in [5.41, 5.74) is 6.37. The van der Waals surface area contributed by atoms with Gasteiger partial charge in [-0.1, -0.05) is 81.8 Å². The molecule has 3 aliphatic rings. The number of rotatable bonds is 20. The van der Waals surface area contributed by atoms with Crippen LogP contribution in [0.2, 0.25) is 0 Å². The minimum absolute atomic E-state index is 0.0159. The van der Waals surface area contributed by atoms with Gasteiger partial charge in [0.25, 0.3) is 5.89 Å². The van der Waals surface area contributed by atoms with E-state index in [1.807, 2.05) is 113 Å². The monoisotopic (exact) mass is 1100 g/mol. The molecule has 79 heavy (non-hydrogen) atoms. The molecule has 0 bridgehead atoms. The highest BCUT2D eigenvalue weighted by Crippen LogP contribution is 2.39. The minimum atomic E-state index is -0.935. The van der Waals surface area contributed by atoms with Crippen LogP contribution in [-0.2, 0) is 36.1 Å². The van der Waals surface area contributed by atoms with Gasteiger partial charge in [0.2, 0.25) is 35.5 Å². The first kappa shape index (κ1) is 56.1. The number of hydrogen-bond acceptors (Lipinski definition) is 17. The molecule has 416 valence electrons. The molecule has 0 saturated carbocycles. The van der Waals surface area contributed by atoms with Crippen molar-refractivity contribution in [1.29, 1.82) is 0 Å². The van der Waals surface area contributed by atoms with Crippen LogP contribution in [0.1, 0.15) is 137 Å². The van der Waals surface area contributed by atoms with Gasteiger partial charge in [-0.15, -0.1) is 21.5 Å². The molecule has 6 aromatic rings. The van der Waals surface area contributed by atoms with Gasteiger partial charge >= 0.3 is 5.97 Å². The Hall–Kier alpha value is -7.62. The third kappa shape index (κ3) is 13.3. The lowest BCUT2D eigenvalue weighted by molar-refractivity contribution is -0.144. The van der Waals surface area contributed by atoms with Gasteiger partial charge in [0.05, 0.1) is 46.0 Å². The molecule has 2 saturated heterocycles. The lowest BCUT2D eigenvalue weighted by Gasteiger charge is -2.35. The van der Waals surface area contributed by atoms with Gasteiger partial charge in [0.15, 0.2) is 0 Å². The Labute approximate surface area is 463 Å². The molecule has 2 fully saturated rings. The SMILES string of the molecule is Cc1ncsc1-c1ccc(CNC(=O)[C@@H]2C[C@@H](O)CN2C(=O)[C@@H](NC(=O)CCCCCC(=O)N2CCC(c3nnc(-c4cnc(Nc5ccc6c(c5)C(C)(C)OC6=O)nc4N[C@H](CO)c4ccccc4)o3)CC2)C(C)(C)C)cc1. The third-order valence-electron chi connectivity index (χ3n) is 14.9. The summed E-state index contributed by atoms with van der Waals surface area (Å²) >= 11 is 1.57. The Kier molecular flexibility index (Phi) is 17.2. The average Bonchev–Trinajstić information content (AvgIpc) is 4.46. The van der Waals surface area contributed by atoms with Crippen molar-refractivity contribution in [3.05, 3.63) is 118 Å². The number of piperidine rings is 1. The molecule has 3 aromatic heterocycles. The number of fused-ring (bicyclic) bond motifs is 1. The Bertz CT molecular complexity index is 3150. The number of β-amino-alcohol motifs (C(OH)–C–C–N with tert-alkyl or cyclic N) is 1. The van der Waals surface area contributed by atoms with Gasteiger partial charge in [-0.25, -0.2) is 14.8 Å². The molecule has 6 N–H and O–H groups in total. The van der Waals surface area contributed by atoms with Gasteiger partial charge < -0.3 is 50.4 Å². The van der Waals surface area contributed by atoms with Crippen LogP contribution in [0.3, 0.4) is 0 Å². The summed E-state index contributed by atoms with van der Waals surface area (Å²) in [7, 11) is 0. The second-order valence-electron chi connectivity index (χ2n) is 22.1. The van der Waals surface area contributed by atoms with E-state index in [1.54, 1.807) is 29.7 Å². The standard InChI is InChI=1S/C58H69N11O9S/c1-34-48(79-33-61-34)37-19-17-35(18-20-37)29-59-51(74)45-28-40(71)31-69(45)54(75)49(57(2,3)4)64-46(72)15-11-8-12-16-47(73)68-25-23-38(24-26-68)52-66-67-53(77-52)42-30-60-56(65-50(42)63-44(32-70)36-13-9-7-10-14-36)62-39-21-22-41-43(27-39)58(5,6)78-55(41)76/h7,9-10,13-14,17-22,27,30,33,38,40,44-45,49,70-71H,8,11-12,15-16,23-26,28-29,31-32H2,1-6H3,(H,59,74)(H,64,72)(H2,60,62,63,65)/t40-,44-,45+,49-/m1/s1. The number of cyclic esters (lactones) is 1.